The number of hydrogen-bond acceptors (Lipinski definition) is 7. The third-order valence-electron chi connectivity index (χ3n) is 6.36. The van der Waals surface area contributed by atoms with Crippen molar-refractivity contribution in [2.24, 2.45) is 12.2 Å². The van der Waals surface area contributed by atoms with Crippen LogP contribution in [0, 0.1) is 11.8 Å². The van der Waals surface area contributed by atoms with Crippen LogP contribution in [0.3, 0.4) is 0 Å². The molecular weight excluding hydrogens is 466 g/mol. The zero-order valence-electron chi connectivity index (χ0n) is 19.5. The van der Waals surface area contributed by atoms with Gasteiger partial charge in [-0.3, -0.25) is 14.6 Å². The molecule has 180 valence electrons. The van der Waals surface area contributed by atoms with Crippen molar-refractivity contribution in [2.45, 2.75) is 19.8 Å². The molecule has 10 heteroatoms. The molecule has 1 aliphatic rings. The maximum Gasteiger partial charge on any atom is 0.264 e. The van der Waals surface area contributed by atoms with Gasteiger partial charge in [-0.1, -0.05) is 5.18 Å². The monoisotopic (exact) mass is 491 g/mol. The smallest absolute Gasteiger partial charge is 0.264 e. The second-order valence-electron chi connectivity index (χ2n) is 8.54. The van der Waals surface area contributed by atoms with E-state index in [1.54, 1.807) is 12.3 Å². The summed E-state index contributed by atoms with van der Waals surface area (Å²) >= 11 is 1.39. The van der Waals surface area contributed by atoms with Crippen molar-refractivity contribution in [3.8, 4) is 11.5 Å². The number of nitrogens with zero attached hydrogens (tertiary/aromatic N) is 4. The van der Waals surface area contributed by atoms with E-state index in [2.05, 4.69) is 15.5 Å². The van der Waals surface area contributed by atoms with Crippen LogP contribution in [-0.2, 0) is 7.05 Å². The Balaban J connectivity index is 1.42. The van der Waals surface area contributed by atoms with Crippen LogP contribution in [0.5, 0.6) is 11.5 Å². The summed E-state index contributed by atoms with van der Waals surface area (Å²) in [4.78, 5) is 42.6. The molecule has 0 radical (unpaired) electrons. The zero-order valence-corrected chi connectivity index (χ0v) is 20.4. The Morgan fingerprint density at radius 3 is 2.80 bits per heavy atom. The number of rotatable bonds is 8. The van der Waals surface area contributed by atoms with Crippen LogP contribution in [0.1, 0.15) is 38.6 Å². The number of benzene rings is 1. The number of likely N-dealkylation sites (tertiary alicyclic amines) is 1. The van der Waals surface area contributed by atoms with Gasteiger partial charge >= 0.3 is 0 Å². The minimum Gasteiger partial charge on any atom is -0.456 e. The van der Waals surface area contributed by atoms with Crippen molar-refractivity contribution in [1.29, 1.82) is 0 Å². The summed E-state index contributed by atoms with van der Waals surface area (Å²) < 4.78 is 9.02. The minimum absolute atomic E-state index is 0.0409. The van der Waals surface area contributed by atoms with Gasteiger partial charge in [-0.05, 0) is 38.0 Å². The maximum atomic E-state index is 12.8. The first-order chi connectivity index (χ1) is 17.0. The Morgan fingerprint density at radius 1 is 1.23 bits per heavy atom. The number of nitroso groups, excluding NO2 is 1. The van der Waals surface area contributed by atoms with E-state index < -0.39 is 0 Å². The number of carbonyl (C=O) groups excluding carboxylic acids is 2. The summed E-state index contributed by atoms with van der Waals surface area (Å²) in [6, 6.07) is 9.24. The molecule has 4 aromatic rings. The normalized spacial score (nSPS) is 13.1. The summed E-state index contributed by atoms with van der Waals surface area (Å²) in [7, 11) is 1.91. The highest BCUT2D eigenvalue weighted by molar-refractivity contribution is 7.21. The van der Waals surface area contributed by atoms with Crippen molar-refractivity contribution in [2.75, 3.05) is 26.2 Å². The number of thiophene rings is 1. The van der Waals surface area contributed by atoms with E-state index >= 15 is 0 Å². The van der Waals surface area contributed by atoms with E-state index in [1.807, 2.05) is 47.7 Å². The predicted molar refractivity (Wildman–Crippen MR) is 135 cm³/mol. The van der Waals surface area contributed by atoms with E-state index in [0.29, 0.717) is 34.9 Å². The Hall–Kier alpha value is -3.79. The van der Waals surface area contributed by atoms with E-state index in [-0.39, 0.29) is 18.4 Å². The number of aromatic nitrogens is 2. The largest absolute Gasteiger partial charge is 0.456 e. The molecule has 3 aromatic heterocycles. The van der Waals surface area contributed by atoms with Gasteiger partial charge in [0.1, 0.15) is 11.5 Å². The number of fused-ring (bicyclic) bond motifs is 2. The number of pyridine rings is 1. The summed E-state index contributed by atoms with van der Waals surface area (Å²) in [5.74, 6) is 1.12. The fourth-order valence-corrected chi connectivity index (χ4v) is 5.26. The average Bonchev–Trinajstić information content (AvgIpc) is 3.36. The SMILES string of the molecule is Cc1c(C(=O)NCCCN=O)c2ccc(Oc3ccnc4cc(C(=O)N5CCC5)sc34)cc2n1C. The lowest BCUT2D eigenvalue weighted by atomic mass is 10.1. The van der Waals surface area contributed by atoms with E-state index in [9.17, 15) is 14.5 Å². The fraction of sp³-hybridized carbons (Fsp3) is 0.320. The van der Waals surface area contributed by atoms with Crippen LogP contribution < -0.4 is 10.1 Å². The molecular formula is C25H25N5O4S. The molecule has 1 saturated heterocycles. The summed E-state index contributed by atoms with van der Waals surface area (Å²) in [6.45, 7) is 4.07. The van der Waals surface area contributed by atoms with Crippen LogP contribution in [0.25, 0.3) is 21.1 Å². The third-order valence-corrected chi connectivity index (χ3v) is 7.49. The second-order valence-corrected chi connectivity index (χ2v) is 9.59. The van der Waals surface area contributed by atoms with Crippen molar-refractivity contribution >= 4 is 44.3 Å². The van der Waals surface area contributed by atoms with Crippen LogP contribution in [0.2, 0.25) is 0 Å². The molecule has 1 aliphatic heterocycles. The van der Waals surface area contributed by atoms with Crippen LogP contribution >= 0.6 is 11.3 Å². The Kier molecular flexibility index (Phi) is 6.21. The number of nitrogens with one attached hydrogen (secondary N) is 1. The predicted octanol–water partition coefficient (Wildman–Crippen LogP) is 4.62. The number of hydrogen-bond donors (Lipinski definition) is 1. The van der Waals surface area contributed by atoms with Gasteiger partial charge < -0.3 is 19.5 Å². The second kappa shape index (κ2) is 9.46. The van der Waals surface area contributed by atoms with Gasteiger partial charge in [0.05, 0.1) is 32.7 Å². The van der Waals surface area contributed by atoms with Crippen LogP contribution in [0.15, 0.2) is 41.7 Å². The average molecular weight is 492 g/mol. The van der Waals surface area contributed by atoms with E-state index in [4.69, 9.17) is 4.74 Å². The molecule has 4 heterocycles. The van der Waals surface area contributed by atoms with Gasteiger partial charge in [-0.15, -0.1) is 11.3 Å². The highest BCUT2D eigenvalue weighted by atomic mass is 32.1. The lowest BCUT2D eigenvalue weighted by molar-refractivity contribution is 0.0657. The Labute approximate surface area is 205 Å². The van der Waals surface area contributed by atoms with Crippen molar-refractivity contribution in [1.82, 2.24) is 19.8 Å². The van der Waals surface area contributed by atoms with Crippen molar-refractivity contribution in [3.63, 3.8) is 0 Å². The van der Waals surface area contributed by atoms with Gasteiger partial charge in [0.25, 0.3) is 11.8 Å². The highest BCUT2D eigenvalue weighted by Crippen LogP contribution is 2.37. The van der Waals surface area contributed by atoms with Gasteiger partial charge in [0, 0.05) is 56.1 Å². The number of amides is 2. The first kappa shape index (κ1) is 23.0. The van der Waals surface area contributed by atoms with Crippen molar-refractivity contribution < 1.29 is 14.3 Å². The third kappa shape index (κ3) is 4.25. The number of aryl methyl sites for hydroxylation is 1. The molecule has 2 amide bonds. The molecule has 0 bridgehead atoms. The lowest BCUT2D eigenvalue weighted by Crippen LogP contribution is -2.41. The van der Waals surface area contributed by atoms with Crippen molar-refractivity contribution in [3.05, 3.63) is 57.6 Å². The quantitative estimate of drug-likeness (QED) is 0.286. The van der Waals surface area contributed by atoms with Gasteiger partial charge in [-0.25, -0.2) is 0 Å². The van der Waals surface area contributed by atoms with E-state index in [1.165, 1.54) is 11.3 Å². The fourth-order valence-electron chi connectivity index (χ4n) is 4.23. The van der Waals surface area contributed by atoms with Gasteiger partial charge in [0.2, 0.25) is 0 Å². The Morgan fingerprint density at radius 2 is 2.06 bits per heavy atom. The topological polar surface area (TPSA) is 106 Å². The molecule has 1 N–H and O–H groups in total. The van der Waals surface area contributed by atoms with Crippen LogP contribution in [0.4, 0.5) is 0 Å². The summed E-state index contributed by atoms with van der Waals surface area (Å²) in [6.07, 6.45) is 3.23. The molecule has 0 unspecified atom stereocenters. The molecule has 9 nitrogen and oxygen atoms in total. The van der Waals surface area contributed by atoms with Gasteiger partial charge in [-0.2, -0.15) is 4.91 Å². The zero-order chi connectivity index (χ0) is 24.5. The molecule has 1 aromatic carbocycles. The number of ether oxygens (including phenoxy) is 1. The summed E-state index contributed by atoms with van der Waals surface area (Å²) in [5, 5.41) is 6.51. The number of carbonyl (C=O) groups is 2. The minimum atomic E-state index is -0.179. The standard InChI is InChI=1S/C25H25N5O4S/c1-15-22(24(31)27-8-3-9-28-33)17-6-5-16(13-19(17)29(15)2)34-20-7-10-26-18-14-21(35-23(18)20)25(32)30-11-4-12-30/h5-7,10,13-14H,3-4,8-9,11-12H2,1-2H3,(H,27,31). The molecule has 0 saturated carbocycles. The lowest BCUT2D eigenvalue weighted by Gasteiger charge is -2.30. The molecule has 0 spiro atoms. The molecule has 0 atom stereocenters. The molecule has 35 heavy (non-hydrogen) atoms. The molecule has 1 fully saturated rings. The molecule has 5 rings (SSSR count). The maximum absolute atomic E-state index is 12.8. The van der Waals surface area contributed by atoms with E-state index in [0.717, 1.165) is 46.3 Å². The van der Waals surface area contributed by atoms with Crippen LogP contribution in [-0.4, -0.2) is 52.4 Å². The highest BCUT2D eigenvalue weighted by Gasteiger charge is 2.24. The Bertz CT molecular complexity index is 1450. The first-order valence-corrected chi connectivity index (χ1v) is 12.3. The molecule has 0 aliphatic carbocycles. The summed E-state index contributed by atoms with van der Waals surface area (Å²) in [5.41, 5.74) is 3.04. The first-order valence-electron chi connectivity index (χ1n) is 11.5. The van der Waals surface area contributed by atoms with Gasteiger partial charge in [0.15, 0.2) is 0 Å².